The van der Waals surface area contributed by atoms with Gasteiger partial charge in [-0.2, -0.15) is 5.26 Å². The van der Waals surface area contributed by atoms with E-state index in [1.165, 1.54) is 0 Å². The zero-order chi connectivity index (χ0) is 16.9. The lowest BCUT2D eigenvalue weighted by atomic mass is 9.66. The van der Waals surface area contributed by atoms with Crippen LogP contribution in [0.4, 0.5) is 5.69 Å². The van der Waals surface area contributed by atoms with Crippen LogP contribution in [0.5, 0.6) is 0 Å². The summed E-state index contributed by atoms with van der Waals surface area (Å²) in [5.41, 5.74) is -0.740. The van der Waals surface area contributed by atoms with Crippen LogP contribution in [-0.4, -0.2) is 17.5 Å². The molecule has 0 spiro atoms. The molecule has 23 heavy (non-hydrogen) atoms. The maximum Gasteiger partial charge on any atom is 0.313 e. The Labute approximate surface area is 135 Å². The van der Waals surface area contributed by atoms with Gasteiger partial charge >= 0.3 is 5.97 Å². The molecule has 1 amide bonds. The van der Waals surface area contributed by atoms with E-state index in [4.69, 9.17) is 10.00 Å². The quantitative estimate of drug-likeness (QED) is 0.870. The molecule has 1 aliphatic carbocycles. The van der Waals surface area contributed by atoms with E-state index in [1.807, 2.05) is 20.8 Å². The summed E-state index contributed by atoms with van der Waals surface area (Å²) in [5.74, 6) is -0.557. The highest BCUT2D eigenvalue weighted by atomic mass is 16.6. The van der Waals surface area contributed by atoms with Crippen LogP contribution in [0.1, 0.15) is 39.2 Å². The fourth-order valence-corrected chi connectivity index (χ4v) is 3.78. The number of carbonyl (C=O) groups excluding carboxylic acids is 2. The molecule has 2 unspecified atom stereocenters. The number of nitrogens with one attached hydrogen (secondary N) is 1. The number of rotatable bonds is 3. The molecule has 3 rings (SSSR count). The Bertz CT molecular complexity index is 717. The third-order valence-electron chi connectivity index (χ3n) is 5.95. The highest BCUT2D eigenvalue weighted by Crippen LogP contribution is 2.65. The maximum absolute atomic E-state index is 12.9. The van der Waals surface area contributed by atoms with Gasteiger partial charge in [-0.3, -0.25) is 9.59 Å². The van der Waals surface area contributed by atoms with Gasteiger partial charge in [-0.15, -0.1) is 0 Å². The Kier molecular flexibility index (Phi) is 3.26. The third-order valence-corrected chi connectivity index (χ3v) is 5.95. The lowest BCUT2D eigenvalue weighted by molar-refractivity contribution is -0.165. The van der Waals surface area contributed by atoms with E-state index in [2.05, 4.69) is 11.4 Å². The van der Waals surface area contributed by atoms with Crippen molar-refractivity contribution in [2.24, 2.45) is 10.8 Å². The van der Waals surface area contributed by atoms with E-state index in [1.54, 1.807) is 24.3 Å². The summed E-state index contributed by atoms with van der Waals surface area (Å²) >= 11 is 0. The van der Waals surface area contributed by atoms with Crippen LogP contribution in [0, 0.1) is 22.2 Å². The lowest BCUT2D eigenvalue weighted by Gasteiger charge is -2.35. The monoisotopic (exact) mass is 312 g/mol. The van der Waals surface area contributed by atoms with E-state index in [9.17, 15) is 9.59 Å². The molecule has 5 heteroatoms. The van der Waals surface area contributed by atoms with Crippen molar-refractivity contribution >= 4 is 17.6 Å². The number of amides is 1. The number of nitriles is 1. The SMILES string of the molecule is CC12CCC(C(=O)Nc3ccc(CC#N)cc3)(OC1=O)C2(C)C. The summed E-state index contributed by atoms with van der Waals surface area (Å²) < 4.78 is 5.57. The Balaban J connectivity index is 1.84. The molecule has 120 valence electrons. The highest BCUT2D eigenvalue weighted by molar-refractivity contribution is 6.03. The summed E-state index contributed by atoms with van der Waals surface area (Å²) in [6.07, 6.45) is 1.54. The molecule has 2 bridgehead atoms. The largest absolute Gasteiger partial charge is 0.448 e. The molecule has 2 atom stereocenters. The second-order valence-electron chi connectivity index (χ2n) is 7.16. The topological polar surface area (TPSA) is 79.2 Å². The summed E-state index contributed by atoms with van der Waals surface area (Å²) in [4.78, 5) is 25.1. The third kappa shape index (κ3) is 1.91. The van der Waals surface area contributed by atoms with Crippen molar-refractivity contribution in [1.82, 2.24) is 0 Å². The van der Waals surface area contributed by atoms with E-state index >= 15 is 0 Å². The van der Waals surface area contributed by atoms with Crippen LogP contribution in [-0.2, 0) is 20.7 Å². The van der Waals surface area contributed by atoms with Crippen LogP contribution in [0.15, 0.2) is 24.3 Å². The van der Waals surface area contributed by atoms with Crippen molar-refractivity contribution in [3.63, 3.8) is 0 Å². The fourth-order valence-electron chi connectivity index (χ4n) is 3.78. The van der Waals surface area contributed by atoms with Crippen LogP contribution in [0.25, 0.3) is 0 Å². The number of hydrogen-bond donors (Lipinski definition) is 1. The van der Waals surface area contributed by atoms with Gasteiger partial charge in [-0.25, -0.2) is 0 Å². The van der Waals surface area contributed by atoms with Crippen molar-refractivity contribution in [3.05, 3.63) is 29.8 Å². The summed E-state index contributed by atoms with van der Waals surface area (Å²) in [6, 6.07) is 9.22. The van der Waals surface area contributed by atoms with Crippen molar-refractivity contribution < 1.29 is 14.3 Å². The smallest absolute Gasteiger partial charge is 0.313 e. The number of benzene rings is 1. The molecule has 1 saturated carbocycles. The first-order valence-electron chi connectivity index (χ1n) is 7.78. The standard InChI is InChI=1S/C18H20N2O3/c1-16(2)17(3)9-10-18(16,23-15(17)22)14(21)20-13-6-4-12(5-7-13)8-11-19/h4-7H,8-10H2,1-3H3,(H,20,21). The minimum Gasteiger partial charge on any atom is -0.448 e. The molecule has 5 nitrogen and oxygen atoms in total. The predicted molar refractivity (Wildman–Crippen MR) is 84.3 cm³/mol. The number of anilines is 1. The average Bonchev–Trinajstić information content (AvgIpc) is 2.80. The van der Waals surface area contributed by atoms with Gasteiger partial charge in [0.05, 0.1) is 17.9 Å². The summed E-state index contributed by atoms with van der Waals surface area (Å²) in [5, 5.41) is 11.6. The predicted octanol–water partition coefficient (Wildman–Crippen LogP) is 2.81. The number of esters is 1. The molecule has 1 saturated heterocycles. The van der Waals surface area contributed by atoms with Gasteiger partial charge < -0.3 is 10.1 Å². The normalized spacial score (nSPS) is 30.6. The molecular weight excluding hydrogens is 292 g/mol. The second kappa shape index (κ2) is 4.82. The van der Waals surface area contributed by atoms with Crippen LogP contribution in [0.2, 0.25) is 0 Å². The molecule has 1 N–H and O–H groups in total. The Morgan fingerprint density at radius 2 is 1.91 bits per heavy atom. The van der Waals surface area contributed by atoms with Gasteiger partial charge in [-0.1, -0.05) is 26.0 Å². The first-order chi connectivity index (χ1) is 10.8. The Hall–Kier alpha value is -2.35. The van der Waals surface area contributed by atoms with Crippen molar-refractivity contribution in [2.75, 3.05) is 5.32 Å². The molecule has 2 aliphatic rings. The molecule has 1 heterocycles. The van der Waals surface area contributed by atoms with Gasteiger partial charge in [-0.05, 0) is 37.5 Å². The zero-order valence-corrected chi connectivity index (χ0v) is 13.6. The average molecular weight is 312 g/mol. The summed E-state index contributed by atoms with van der Waals surface area (Å²) in [6.45, 7) is 5.75. The second-order valence-corrected chi connectivity index (χ2v) is 7.16. The number of nitrogens with zero attached hydrogens (tertiary/aromatic N) is 1. The lowest BCUT2D eigenvalue weighted by Crippen LogP contribution is -2.50. The Morgan fingerprint density at radius 1 is 1.26 bits per heavy atom. The number of hydrogen-bond acceptors (Lipinski definition) is 4. The molecule has 0 aromatic heterocycles. The first kappa shape index (κ1) is 15.5. The van der Waals surface area contributed by atoms with E-state index in [0.717, 1.165) is 5.56 Å². The minimum atomic E-state index is -1.11. The van der Waals surface area contributed by atoms with Gasteiger partial charge in [0.1, 0.15) is 0 Å². The van der Waals surface area contributed by atoms with Gasteiger partial charge in [0.25, 0.3) is 5.91 Å². The van der Waals surface area contributed by atoms with Crippen LogP contribution in [0.3, 0.4) is 0 Å². The summed E-state index contributed by atoms with van der Waals surface area (Å²) in [7, 11) is 0. The molecule has 1 aliphatic heterocycles. The minimum absolute atomic E-state index is 0.273. The van der Waals surface area contributed by atoms with Crippen molar-refractivity contribution in [2.45, 2.75) is 45.6 Å². The number of fused-ring (bicyclic) bond motifs is 2. The highest BCUT2D eigenvalue weighted by Gasteiger charge is 2.75. The molecular formula is C18H20N2O3. The fraction of sp³-hybridized carbons (Fsp3) is 0.500. The molecule has 1 aromatic carbocycles. The van der Waals surface area contributed by atoms with E-state index in [-0.39, 0.29) is 11.9 Å². The van der Waals surface area contributed by atoms with Crippen LogP contribution < -0.4 is 5.32 Å². The van der Waals surface area contributed by atoms with Gasteiger partial charge in [0, 0.05) is 11.1 Å². The molecule has 1 aromatic rings. The number of carbonyl (C=O) groups is 2. The maximum atomic E-state index is 12.9. The van der Waals surface area contributed by atoms with E-state index in [0.29, 0.717) is 24.9 Å². The van der Waals surface area contributed by atoms with Crippen LogP contribution >= 0.6 is 0 Å². The Morgan fingerprint density at radius 3 is 2.39 bits per heavy atom. The molecule has 2 fully saturated rings. The van der Waals surface area contributed by atoms with Gasteiger partial charge in [0.15, 0.2) is 5.60 Å². The zero-order valence-electron chi connectivity index (χ0n) is 13.6. The van der Waals surface area contributed by atoms with Crippen molar-refractivity contribution in [3.8, 4) is 6.07 Å². The van der Waals surface area contributed by atoms with Crippen molar-refractivity contribution in [1.29, 1.82) is 5.26 Å². The van der Waals surface area contributed by atoms with E-state index < -0.39 is 16.4 Å². The molecule has 0 radical (unpaired) electrons. The van der Waals surface area contributed by atoms with Gasteiger partial charge in [0.2, 0.25) is 0 Å². The first-order valence-corrected chi connectivity index (χ1v) is 7.78. The number of ether oxygens (including phenoxy) is 1.